The largest absolute Gasteiger partial charge is 0.385 e. The number of hydrogen-bond donors (Lipinski definition) is 1. The Morgan fingerprint density at radius 2 is 2.12 bits per heavy atom. The van der Waals surface area contributed by atoms with Crippen LogP contribution in [-0.2, 0) is 0 Å². The molecule has 1 fully saturated rings. The molecule has 1 heterocycles. The summed E-state index contributed by atoms with van der Waals surface area (Å²) in [4.78, 5) is 2.40. The fourth-order valence-corrected chi connectivity index (χ4v) is 2.56. The van der Waals surface area contributed by atoms with Gasteiger partial charge in [-0.25, -0.2) is 0 Å². The van der Waals surface area contributed by atoms with Crippen molar-refractivity contribution >= 4 is 33.2 Å². The van der Waals surface area contributed by atoms with Gasteiger partial charge in [-0.15, -0.1) is 0 Å². The predicted molar refractivity (Wildman–Crippen MR) is 77.9 cm³/mol. The lowest BCUT2D eigenvalue weighted by Gasteiger charge is -2.29. The second-order valence-corrected chi connectivity index (χ2v) is 6.02. The van der Waals surface area contributed by atoms with Crippen molar-refractivity contribution in [3.63, 3.8) is 0 Å². The molecule has 0 bridgehead atoms. The number of nitrogens with one attached hydrogen (secondary N) is 1. The normalized spacial score (nSPS) is 18.3. The number of halogens is 2. The van der Waals surface area contributed by atoms with Gasteiger partial charge in [0.1, 0.15) is 0 Å². The summed E-state index contributed by atoms with van der Waals surface area (Å²) in [6.45, 7) is 3.48. The second-order valence-electron chi connectivity index (χ2n) is 4.76. The zero-order chi connectivity index (χ0) is 12.3. The van der Waals surface area contributed by atoms with Crippen molar-refractivity contribution in [2.24, 2.45) is 5.92 Å². The van der Waals surface area contributed by atoms with Crippen LogP contribution in [0.5, 0.6) is 0 Å². The van der Waals surface area contributed by atoms with Crippen molar-refractivity contribution in [2.75, 3.05) is 32.0 Å². The van der Waals surface area contributed by atoms with E-state index in [0.717, 1.165) is 27.6 Å². The summed E-state index contributed by atoms with van der Waals surface area (Å²) in [6, 6.07) is 6.02. The maximum absolute atomic E-state index is 6.06. The predicted octanol–water partition coefficient (Wildman–Crippen LogP) is 3.86. The molecule has 1 aromatic rings. The third-order valence-electron chi connectivity index (χ3n) is 3.35. The monoisotopic (exact) mass is 316 g/mol. The van der Waals surface area contributed by atoms with Crippen LogP contribution in [0.15, 0.2) is 22.7 Å². The van der Waals surface area contributed by atoms with E-state index in [1.54, 1.807) is 0 Å². The third kappa shape index (κ3) is 3.87. The molecule has 2 nitrogen and oxygen atoms in total. The molecule has 0 saturated carbocycles. The molecule has 0 aliphatic carbocycles. The van der Waals surface area contributed by atoms with Crippen molar-refractivity contribution in [3.05, 3.63) is 27.7 Å². The minimum Gasteiger partial charge on any atom is -0.385 e. The standard InChI is InChI=1S/C13H18BrClN2/c1-17-6-4-10(5-7-17)9-16-11-2-3-12(14)13(15)8-11/h2-3,8,10,16H,4-7,9H2,1H3. The van der Waals surface area contributed by atoms with Gasteiger partial charge in [0.05, 0.1) is 5.02 Å². The summed E-state index contributed by atoms with van der Waals surface area (Å²) < 4.78 is 0.948. The highest BCUT2D eigenvalue weighted by atomic mass is 79.9. The number of nitrogens with zero attached hydrogens (tertiary/aromatic N) is 1. The molecule has 2 rings (SSSR count). The molecule has 1 aliphatic rings. The van der Waals surface area contributed by atoms with Gasteiger partial charge in [0.15, 0.2) is 0 Å². The summed E-state index contributed by atoms with van der Waals surface area (Å²) in [6.07, 6.45) is 2.57. The number of anilines is 1. The SMILES string of the molecule is CN1CCC(CNc2ccc(Br)c(Cl)c2)CC1. The van der Waals surface area contributed by atoms with E-state index in [1.165, 1.54) is 25.9 Å². The van der Waals surface area contributed by atoms with E-state index < -0.39 is 0 Å². The molecule has 1 aliphatic heterocycles. The molecule has 4 heteroatoms. The van der Waals surface area contributed by atoms with Gasteiger partial charge in [0, 0.05) is 16.7 Å². The molecule has 17 heavy (non-hydrogen) atoms. The van der Waals surface area contributed by atoms with Gasteiger partial charge in [-0.05, 0) is 73.0 Å². The van der Waals surface area contributed by atoms with Crippen LogP contribution >= 0.6 is 27.5 Å². The quantitative estimate of drug-likeness (QED) is 0.911. The van der Waals surface area contributed by atoms with Crippen LogP contribution in [0.2, 0.25) is 5.02 Å². The van der Waals surface area contributed by atoms with Crippen molar-refractivity contribution < 1.29 is 0 Å². The summed E-state index contributed by atoms with van der Waals surface area (Å²) >= 11 is 9.46. The highest BCUT2D eigenvalue weighted by Crippen LogP contribution is 2.26. The van der Waals surface area contributed by atoms with Gasteiger partial charge in [-0.3, -0.25) is 0 Å². The number of piperidine rings is 1. The Kier molecular flexibility index (Phi) is 4.71. The highest BCUT2D eigenvalue weighted by Gasteiger charge is 2.16. The first kappa shape index (κ1) is 13.2. The van der Waals surface area contributed by atoms with Crippen LogP contribution in [0.4, 0.5) is 5.69 Å². The van der Waals surface area contributed by atoms with Crippen molar-refractivity contribution in [3.8, 4) is 0 Å². The fraction of sp³-hybridized carbons (Fsp3) is 0.538. The number of likely N-dealkylation sites (tertiary alicyclic amines) is 1. The summed E-state index contributed by atoms with van der Waals surface area (Å²) in [5, 5.41) is 4.24. The first-order valence-electron chi connectivity index (χ1n) is 6.02. The zero-order valence-electron chi connectivity index (χ0n) is 10.0. The van der Waals surface area contributed by atoms with Crippen LogP contribution in [0.25, 0.3) is 0 Å². The van der Waals surface area contributed by atoms with Gasteiger partial charge in [-0.1, -0.05) is 11.6 Å². The van der Waals surface area contributed by atoms with Gasteiger partial charge >= 0.3 is 0 Å². The van der Waals surface area contributed by atoms with Crippen LogP contribution in [0.1, 0.15) is 12.8 Å². The van der Waals surface area contributed by atoms with E-state index in [9.17, 15) is 0 Å². The number of benzene rings is 1. The minimum absolute atomic E-state index is 0.762. The lowest BCUT2D eigenvalue weighted by atomic mass is 9.97. The Bertz CT molecular complexity index is 376. The van der Waals surface area contributed by atoms with Crippen molar-refractivity contribution in [2.45, 2.75) is 12.8 Å². The third-order valence-corrected chi connectivity index (χ3v) is 4.59. The smallest absolute Gasteiger partial charge is 0.0568 e. The van der Waals surface area contributed by atoms with Crippen molar-refractivity contribution in [1.29, 1.82) is 0 Å². The van der Waals surface area contributed by atoms with Gasteiger partial charge in [0.25, 0.3) is 0 Å². The zero-order valence-corrected chi connectivity index (χ0v) is 12.4. The van der Waals surface area contributed by atoms with Crippen LogP contribution in [0, 0.1) is 5.92 Å². The summed E-state index contributed by atoms with van der Waals surface area (Å²) in [7, 11) is 2.19. The Morgan fingerprint density at radius 1 is 1.41 bits per heavy atom. The summed E-state index contributed by atoms with van der Waals surface area (Å²) in [5.41, 5.74) is 1.11. The van der Waals surface area contributed by atoms with Crippen LogP contribution in [-0.4, -0.2) is 31.6 Å². The molecular formula is C13H18BrClN2. The molecule has 94 valence electrons. The number of hydrogen-bond acceptors (Lipinski definition) is 2. The Hall–Kier alpha value is -0.250. The van der Waals surface area contributed by atoms with E-state index in [0.29, 0.717) is 0 Å². The Balaban J connectivity index is 1.83. The molecule has 1 N–H and O–H groups in total. The molecule has 1 saturated heterocycles. The van der Waals surface area contributed by atoms with Crippen LogP contribution < -0.4 is 5.32 Å². The molecule has 0 unspecified atom stereocenters. The van der Waals surface area contributed by atoms with E-state index in [4.69, 9.17) is 11.6 Å². The second kappa shape index (κ2) is 6.07. The van der Waals surface area contributed by atoms with E-state index in [-0.39, 0.29) is 0 Å². The highest BCUT2D eigenvalue weighted by molar-refractivity contribution is 9.10. The van der Waals surface area contributed by atoms with E-state index >= 15 is 0 Å². The lowest BCUT2D eigenvalue weighted by molar-refractivity contribution is 0.226. The average molecular weight is 318 g/mol. The maximum Gasteiger partial charge on any atom is 0.0568 e. The maximum atomic E-state index is 6.06. The average Bonchev–Trinajstić information content (AvgIpc) is 2.33. The molecule has 0 aromatic heterocycles. The fourth-order valence-electron chi connectivity index (χ4n) is 2.13. The lowest BCUT2D eigenvalue weighted by Crippen LogP contribution is -2.32. The minimum atomic E-state index is 0.762. The first-order valence-corrected chi connectivity index (χ1v) is 7.19. The van der Waals surface area contributed by atoms with Gasteiger partial charge < -0.3 is 10.2 Å². The Labute approximate surface area is 116 Å². The molecule has 0 amide bonds. The van der Waals surface area contributed by atoms with E-state index in [1.807, 2.05) is 12.1 Å². The van der Waals surface area contributed by atoms with Crippen molar-refractivity contribution in [1.82, 2.24) is 4.90 Å². The molecule has 0 radical (unpaired) electrons. The summed E-state index contributed by atoms with van der Waals surface area (Å²) in [5.74, 6) is 0.786. The van der Waals surface area contributed by atoms with E-state index in [2.05, 4.69) is 39.3 Å². The van der Waals surface area contributed by atoms with Gasteiger partial charge in [0.2, 0.25) is 0 Å². The topological polar surface area (TPSA) is 15.3 Å². The molecule has 0 atom stereocenters. The first-order chi connectivity index (χ1) is 8.15. The Morgan fingerprint density at radius 3 is 2.76 bits per heavy atom. The molecular weight excluding hydrogens is 300 g/mol. The van der Waals surface area contributed by atoms with Crippen LogP contribution in [0.3, 0.4) is 0 Å². The molecule has 1 aromatic carbocycles. The molecule has 0 spiro atoms. The number of rotatable bonds is 3. The van der Waals surface area contributed by atoms with Gasteiger partial charge in [-0.2, -0.15) is 0 Å².